The van der Waals surface area contributed by atoms with Gasteiger partial charge in [-0.1, -0.05) is 36.4 Å². The second-order valence-electron chi connectivity index (χ2n) is 5.48. The van der Waals surface area contributed by atoms with E-state index in [1.807, 2.05) is 42.5 Å². The first-order chi connectivity index (χ1) is 11.8. The molecule has 1 aromatic carbocycles. The number of nitrogens with one attached hydrogen (secondary N) is 1. The van der Waals surface area contributed by atoms with E-state index >= 15 is 0 Å². The van der Waals surface area contributed by atoms with E-state index in [1.54, 1.807) is 12.3 Å². The van der Waals surface area contributed by atoms with Crippen molar-refractivity contribution in [2.24, 2.45) is 0 Å². The van der Waals surface area contributed by atoms with E-state index in [4.69, 9.17) is 0 Å². The zero-order valence-corrected chi connectivity index (χ0v) is 12.8. The fourth-order valence-corrected chi connectivity index (χ4v) is 2.67. The fraction of sp³-hybridized carbons (Fsp3) is 0.0526. The summed E-state index contributed by atoms with van der Waals surface area (Å²) in [6, 6.07) is 19.4. The second-order valence-corrected chi connectivity index (χ2v) is 5.48. The number of fused-ring (bicyclic) bond motifs is 1. The number of hydrogen-bond acceptors (Lipinski definition) is 4. The van der Waals surface area contributed by atoms with Crippen LogP contribution in [0.3, 0.4) is 0 Å². The summed E-state index contributed by atoms with van der Waals surface area (Å²) < 4.78 is 0. The number of pyridine rings is 2. The lowest BCUT2D eigenvalue weighted by Crippen LogP contribution is -2.11. The van der Waals surface area contributed by atoms with Crippen LogP contribution < -0.4 is 5.56 Å². The predicted molar refractivity (Wildman–Crippen MR) is 92.6 cm³/mol. The Hall–Kier alpha value is -3.34. The highest BCUT2D eigenvalue weighted by Crippen LogP contribution is 2.21. The van der Waals surface area contributed by atoms with Gasteiger partial charge in [0.1, 0.15) is 11.2 Å². The third-order valence-electron chi connectivity index (χ3n) is 3.83. The van der Waals surface area contributed by atoms with E-state index in [0.29, 0.717) is 28.7 Å². The smallest absolute Gasteiger partial charge is 0.267 e. The molecule has 0 spiro atoms. The van der Waals surface area contributed by atoms with Crippen LogP contribution in [0.2, 0.25) is 0 Å². The molecule has 0 amide bonds. The molecule has 116 valence electrons. The molecule has 5 nitrogen and oxygen atoms in total. The first-order valence-corrected chi connectivity index (χ1v) is 7.65. The summed E-state index contributed by atoms with van der Waals surface area (Å²) in [6.07, 6.45) is 2.40. The molecular formula is C19H14N4O. The molecule has 1 N–H and O–H groups in total. The number of rotatable bonds is 3. The van der Waals surface area contributed by atoms with Crippen LogP contribution in [0.25, 0.3) is 22.3 Å². The molecule has 3 aromatic heterocycles. The molecule has 0 saturated carbocycles. The van der Waals surface area contributed by atoms with E-state index in [9.17, 15) is 4.79 Å². The van der Waals surface area contributed by atoms with E-state index < -0.39 is 0 Å². The predicted octanol–water partition coefficient (Wildman–Crippen LogP) is 2.97. The summed E-state index contributed by atoms with van der Waals surface area (Å²) in [6.45, 7) is 0. The Morgan fingerprint density at radius 3 is 2.54 bits per heavy atom. The largest absolute Gasteiger partial charge is 0.273 e. The van der Waals surface area contributed by atoms with Crippen LogP contribution in [0.5, 0.6) is 0 Å². The van der Waals surface area contributed by atoms with Crippen LogP contribution in [0.15, 0.2) is 71.7 Å². The first-order valence-electron chi connectivity index (χ1n) is 7.65. The number of aromatic nitrogens is 4. The van der Waals surface area contributed by atoms with Gasteiger partial charge in [0.25, 0.3) is 5.56 Å². The zero-order chi connectivity index (χ0) is 16.4. The summed E-state index contributed by atoms with van der Waals surface area (Å²) in [5, 5.41) is 7.20. The van der Waals surface area contributed by atoms with Crippen molar-refractivity contribution in [3.8, 4) is 11.4 Å². The highest BCUT2D eigenvalue weighted by molar-refractivity contribution is 5.89. The van der Waals surface area contributed by atoms with Crippen molar-refractivity contribution < 1.29 is 0 Å². The number of nitrogens with zero attached hydrogens (tertiary/aromatic N) is 3. The minimum absolute atomic E-state index is 0.247. The van der Waals surface area contributed by atoms with Crippen molar-refractivity contribution in [3.05, 3.63) is 88.5 Å². The average molecular weight is 314 g/mol. The van der Waals surface area contributed by atoms with Crippen molar-refractivity contribution in [1.82, 2.24) is 20.2 Å². The quantitative estimate of drug-likeness (QED) is 0.631. The Bertz CT molecular complexity index is 1040. The van der Waals surface area contributed by atoms with Gasteiger partial charge in [-0.2, -0.15) is 5.10 Å². The van der Waals surface area contributed by atoms with Crippen molar-refractivity contribution in [1.29, 1.82) is 0 Å². The molecule has 0 aliphatic rings. The zero-order valence-electron chi connectivity index (χ0n) is 12.8. The Morgan fingerprint density at radius 2 is 1.75 bits per heavy atom. The van der Waals surface area contributed by atoms with Gasteiger partial charge in [0.15, 0.2) is 0 Å². The monoisotopic (exact) mass is 314 g/mol. The maximum Gasteiger partial charge on any atom is 0.273 e. The highest BCUT2D eigenvalue weighted by atomic mass is 16.1. The Labute approximate surface area is 138 Å². The molecule has 3 heterocycles. The number of hydrogen-bond donors (Lipinski definition) is 1. The molecule has 0 atom stereocenters. The van der Waals surface area contributed by atoms with Gasteiger partial charge in [0, 0.05) is 18.3 Å². The van der Waals surface area contributed by atoms with Crippen molar-refractivity contribution in [2.75, 3.05) is 0 Å². The van der Waals surface area contributed by atoms with Gasteiger partial charge in [-0.15, -0.1) is 0 Å². The van der Waals surface area contributed by atoms with E-state index in [-0.39, 0.29) is 5.56 Å². The molecule has 0 saturated heterocycles. The van der Waals surface area contributed by atoms with E-state index in [0.717, 1.165) is 5.69 Å². The number of aromatic amines is 1. The normalized spacial score (nSPS) is 10.8. The van der Waals surface area contributed by atoms with Crippen molar-refractivity contribution in [3.63, 3.8) is 0 Å². The molecule has 0 radical (unpaired) electrons. The second kappa shape index (κ2) is 6.04. The van der Waals surface area contributed by atoms with Crippen LogP contribution in [0, 0.1) is 0 Å². The molecule has 0 aliphatic carbocycles. The van der Waals surface area contributed by atoms with Gasteiger partial charge in [-0.05, 0) is 29.8 Å². The van der Waals surface area contributed by atoms with Crippen LogP contribution in [0.4, 0.5) is 0 Å². The Morgan fingerprint density at radius 1 is 0.917 bits per heavy atom. The molecule has 4 rings (SSSR count). The minimum Gasteiger partial charge on any atom is -0.267 e. The highest BCUT2D eigenvalue weighted by Gasteiger charge is 2.12. The summed E-state index contributed by atoms with van der Waals surface area (Å²) >= 11 is 0. The lowest BCUT2D eigenvalue weighted by atomic mass is 10.1. The van der Waals surface area contributed by atoms with Gasteiger partial charge >= 0.3 is 0 Å². The van der Waals surface area contributed by atoms with Crippen LogP contribution in [-0.2, 0) is 6.42 Å². The first kappa shape index (κ1) is 14.3. The Kier molecular flexibility index (Phi) is 3.59. The SMILES string of the molecule is O=c1[nH]nc(-c2ccccn2)c2nc(Cc3ccccc3)ccc12. The van der Waals surface area contributed by atoms with Crippen molar-refractivity contribution in [2.45, 2.75) is 6.42 Å². The van der Waals surface area contributed by atoms with Crippen LogP contribution in [0.1, 0.15) is 11.3 Å². The summed E-state index contributed by atoms with van der Waals surface area (Å²) in [7, 11) is 0. The van der Waals surface area contributed by atoms with E-state index in [2.05, 4.69) is 32.3 Å². The molecule has 24 heavy (non-hydrogen) atoms. The summed E-state index contributed by atoms with van der Waals surface area (Å²) in [5.74, 6) is 0. The summed E-state index contributed by atoms with van der Waals surface area (Å²) in [5.41, 5.74) is 3.65. The lowest BCUT2D eigenvalue weighted by molar-refractivity contribution is 0.997. The van der Waals surface area contributed by atoms with Gasteiger partial charge in [-0.25, -0.2) is 10.1 Å². The van der Waals surface area contributed by atoms with Gasteiger partial charge in [0.2, 0.25) is 0 Å². The van der Waals surface area contributed by atoms with Gasteiger partial charge in [-0.3, -0.25) is 9.78 Å². The van der Waals surface area contributed by atoms with Crippen LogP contribution >= 0.6 is 0 Å². The molecule has 0 fully saturated rings. The molecular weight excluding hydrogens is 300 g/mol. The summed E-state index contributed by atoms with van der Waals surface area (Å²) in [4.78, 5) is 21.1. The molecule has 5 heteroatoms. The lowest BCUT2D eigenvalue weighted by Gasteiger charge is -2.06. The minimum atomic E-state index is -0.247. The maximum atomic E-state index is 12.1. The topological polar surface area (TPSA) is 71.5 Å². The van der Waals surface area contributed by atoms with Crippen LogP contribution in [-0.4, -0.2) is 20.2 Å². The molecule has 0 aliphatic heterocycles. The molecule has 0 bridgehead atoms. The van der Waals surface area contributed by atoms with Gasteiger partial charge < -0.3 is 0 Å². The number of H-pyrrole nitrogens is 1. The third-order valence-corrected chi connectivity index (χ3v) is 3.83. The number of benzene rings is 1. The standard InChI is InChI=1S/C19H14N4O/c24-19-15-10-9-14(12-13-6-2-1-3-7-13)21-17(15)18(22-23-19)16-8-4-5-11-20-16/h1-11H,12H2,(H,23,24). The van der Waals surface area contributed by atoms with E-state index in [1.165, 1.54) is 5.56 Å². The third kappa shape index (κ3) is 2.67. The Balaban J connectivity index is 1.87. The molecule has 0 unspecified atom stereocenters. The molecule has 4 aromatic rings. The maximum absolute atomic E-state index is 12.1. The van der Waals surface area contributed by atoms with Crippen molar-refractivity contribution >= 4 is 10.9 Å². The average Bonchev–Trinajstić information content (AvgIpc) is 2.64. The fourth-order valence-electron chi connectivity index (χ4n) is 2.67. The van der Waals surface area contributed by atoms with Gasteiger partial charge in [0.05, 0.1) is 11.1 Å².